The van der Waals surface area contributed by atoms with Crippen LogP contribution in [-0.4, -0.2) is 4.98 Å². The molecule has 21 heavy (non-hydrogen) atoms. The first-order valence-corrected chi connectivity index (χ1v) is 7.42. The van der Waals surface area contributed by atoms with E-state index >= 15 is 0 Å². The van der Waals surface area contributed by atoms with Gasteiger partial charge in [-0.25, -0.2) is 4.98 Å². The van der Waals surface area contributed by atoms with Crippen molar-refractivity contribution in [3.05, 3.63) is 64.2 Å². The molecule has 106 valence electrons. The molecule has 1 nitrogen and oxygen atoms in total. The van der Waals surface area contributed by atoms with Crippen molar-refractivity contribution in [1.82, 2.24) is 4.98 Å². The molecule has 0 fully saturated rings. The minimum absolute atomic E-state index is 1.08. The SMILES string of the molecule is Cc1cc(C)c(C)c(-c2cc(C)c3ccc(C)cc3n2)c1. The standard InChI is InChI=1S/C20H21N/c1-12-6-7-17-15(4)11-20(21-19(17)10-12)18-9-13(2)8-14(3)16(18)5/h6-11H,1-5H3. The lowest BCUT2D eigenvalue weighted by Gasteiger charge is -2.12. The van der Waals surface area contributed by atoms with Crippen LogP contribution >= 0.6 is 0 Å². The Kier molecular flexibility index (Phi) is 3.29. The fourth-order valence-corrected chi connectivity index (χ4v) is 2.96. The molecule has 0 aliphatic carbocycles. The lowest BCUT2D eigenvalue weighted by atomic mass is 9.96. The fourth-order valence-electron chi connectivity index (χ4n) is 2.96. The highest BCUT2D eigenvalue weighted by molar-refractivity contribution is 5.86. The van der Waals surface area contributed by atoms with Crippen LogP contribution in [0, 0.1) is 34.6 Å². The summed E-state index contributed by atoms with van der Waals surface area (Å²) in [7, 11) is 0. The van der Waals surface area contributed by atoms with Gasteiger partial charge < -0.3 is 0 Å². The molecule has 3 rings (SSSR count). The number of benzene rings is 2. The van der Waals surface area contributed by atoms with Crippen LogP contribution in [0.3, 0.4) is 0 Å². The molecular formula is C20H21N. The van der Waals surface area contributed by atoms with E-state index in [-0.39, 0.29) is 0 Å². The minimum atomic E-state index is 1.08. The topological polar surface area (TPSA) is 12.9 Å². The molecule has 0 spiro atoms. The summed E-state index contributed by atoms with van der Waals surface area (Å²) in [4.78, 5) is 4.91. The van der Waals surface area contributed by atoms with Gasteiger partial charge in [0, 0.05) is 10.9 Å². The summed E-state index contributed by atoms with van der Waals surface area (Å²) in [6, 6.07) is 13.2. The van der Waals surface area contributed by atoms with Crippen molar-refractivity contribution in [1.29, 1.82) is 0 Å². The van der Waals surface area contributed by atoms with E-state index < -0.39 is 0 Å². The number of fused-ring (bicyclic) bond motifs is 1. The molecule has 3 aromatic rings. The molecular weight excluding hydrogens is 254 g/mol. The van der Waals surface area contributed by atoms with Crippen LogP contribution in [-0.2, 0) is 0 Å². The predicted molar refractivity (Wildman–Crippen MR) is 90.9 cm³/mol. The second-order valence-corrected chi connectivity index (χ2v) is 6.10. The van der Waals surface area contributed by atoms with E-state index in [0.29, 0.717) is 0 Å². The van der Waals surface area contributed by atoms with Crippen molar-refractivity contribution >= 4 is 10.9 Å². The van der Waals surface area contributed by atoms with Crippen molar-refractivity contribution < 1.29 is 0 Å². The van der Waals surface area contributed by atoms with Gasteiger partial charge in [-0.05, 0) is 75.1 Å². The number of aryl methyl sites for hydroxylation is 4. The summed E-state index contributed by atoms with van der Waals surface area (Å²) < 4.78 is 0. The van der Waals surface area contributed by atoms with Crippen molar-refractivity contribution in [2.75, 3.05) is 0 Å². The number of aromatic nitrogens is 1. The van der Waals surface area contributed by atoms with Gasteiger partial charge in [-0.1, -0.05) is 23.8 Å². The maximum atomic E-state index is 4.91. The fraction of sp³-hybridized carbons (Fsp3) is 0.250. The zero-order valence-corrected chi connectivity index (χ0v) is 13.4. The van der Waals surface area contributed by atoms with Gasteiger partial charge in [0.2, 0.25) is 0 Å². The predicted octanol–water partition coefficient (Wildman–Crippen LogP) is 5.44. The first-order valence-electron chi connectivity index (χ1n) is 7.42. The van der Waals surface area contributed by atoms with E-state index in [1.165, 1.54) is 38.8 Å². The average molecular weight is 275 g/mol. The van der Waals surface area contributed by atoms with Crippen molar-refractivity contribution in [3.63, 3.8) is 0 Å². The van der Waals surface area contributed by atoms with E-state index in [0.717, 1.165) is 11.2 Å². The Hall–Kier alpha value is -2.15. The molecule has 0 bridgehead atoms. The average Bonchev–Trinajstić information content (AvgIpc) is 2.42. The van der Waals surface area contributed by atoms with Crippen molar-refractivity contribution in [2.24, 2.45) is 0 Å². The largest absolute Gasteiger partial charge is 0.248 e. The number of nitrogens with zero attached hydrogens (tertiary/aromatic N) is 1. The second kappa shape index (κ2) is 5.00. The third-order valence-corrected chi connectivity index (χ3v) is 4.26. The quantitative estimate of drug-likeness (QED) is 0.576. The maximum absolute atomic E-state index is 4.91. The Morgan fingerprint density at radius 1 is 0.714 bits per heavy atom. The summed E-state index contributed by atoms with van der Waals surface area (Å²) in [6.45, 7) is 10.8. The maximum Gasteiger partial charge on any atom is 0.0715 e. The monoisotopic (exact) mass is 275 g/mol. The summed E-state index contributed by atoms with van der Waals surface area (Å²) in [5, 5.41) is 1.24. The molecule has 1 aromatic heterocycles. The molecule has 2 aromatic carbocycles. The lowest BCUT2D eigenvalue weighted by molar-refractivity contribution is 1.27. The summed E-state index contributed by atoms with van der Waals surface area (Å²) in [5.74, 6) is 0. The smallest absolute Gasteiger partial charge is 0.0715 e. The van der Waals surface area contributed by atoms with Gasteiger partial charge in [-0.15, -0.1) is 0 Å². The van der Waals surface area contributed by atoms with Crippen LogP contribution in [0.2, 0.25) is 0 Å². The van der Waals surface area contributed by atoms with E-state index in [4.69, 9.17) is 4.98 Å². The molecule has 0 saturated carbocycles. The third kappa shape index (κ3) is 2.44. The Labute approximate surface area is 126 Å². The van der Waals surface area contributed by atoms with E-state index in [1.807, 2.05) is 0 Å². The van der Waals surface area contributed by atoms with Crippen LogP contribution in [0.25, 0.3) is 22.2 Å². The summed E-state index contributed by atoms with van der Waals surface area (Å²) in [5.41, 5.74) is 9.89. The van der Waals surface area contributed by atoms with Crippen LogP contribution in [0.4, 0.5) is 0 Å². The molecule has 0 N–H and O–H groups in total. The molecule has 0 atom stereocenters. The van der Waals surface area contributed by atoms with Crippen LogP contribution in [0.5, 0.6) is 0 Å². The Bertz CT molecular complexity index is 844. The third-order valence-electron chi connectivity index (χ3n) is 4.26. The van der Waals surface area contributed by atoms with E-state index in [9.17, 15) is 0 Å². The molecule has 1 heteroatoms. The highest BCUT2D eigenvalue weighted by atomic mass is 14.7. The number of hydrogen-bond donors (Lipinski definition) is 0. The number of pyridine rings is 1. The van der Waals surface area contributed by atoms with E-state index in [1.54, 1.807) is 0 Å². The molecule has 0 saturated heterocycles. The van der Waals surface area contributed by atoms with Crippen LogP contribution < -0.4 is 0 Å². The molecule has 0 unspecified atom stereocenters. The summed E-state index contributed by atoms with van der Waals surface area (Å²) >= 11 is 0. The Balaban J connectivity index is 2.31. The van der Waals surface area contributed by atoms with Gasteiger partial charge in [-0.3, -0.25) is 0 Å². The first-order chi connectivity index (χ1) is 9.95. The highest BCUT2D eigenvalue weighted by Crippen LogP contribution is 2.29. The normalized spacial score (nSPS) is 11.1. The van der Waals surface area contributed by atoms with Crippen molar-refractivity contribution in [3.8, 4) is 11.3 Å². The zero-order valence-electron chi connectivity index (χ0n) is 13.4. The van der Waals surface area contributed by atoms with E-state index in [2.05, 4.69) is 71.0 Å². The second-order valence-electron chi connectivity index (χ2n) is 6.10. The van der Waals surface area contributed by atoms with Gasteiger partial charge in [0.25, 0.3) is 0 Å². The van der Waals surface area contributed by atoms with Crippen molar-refractivity contribution in [2.45, 2.75) is 34.6 Å². The molecule has 0 aliphatic heterocycles. The molecule has 1 heterocycles. The van der Waals surface area contributed by atoms with Gasteiger partial charge in [0.15, 0.2) is 0 Å². The van der Waals surface area contributed by atoms with Gasteiger partial charge in [-0.2, -0.15) is 0 Å². The molecule has 0 radical (unpaired) electrons. The molecule has 0 aliphatic rings. The van der Waals surface area contributed by atoms with Gasteiger partial charge in [0.1, 0.15) is 0 Å². The molecule has 0 amide bonds. The zero-order chi connectivity index (χ0) is 15.1. The Morgan fingerprint density at radius 3 is 2.24 bits per heavy atom. The van der Waals surface area contributed by atoms with Crippen LogP contribution in [0.1, 0.15) is 27.8 Å². The summed E-state index contributed by atoms with van der Waals surface area (Å²) in [6.07, 6.45) is 0. The minimum Gasteiger partial charge on any atom is -0.248 e. The van der Waals surface area contributed by atoms with Gasteiger partial charge in [0.05, 0.1) is 11.2 Å². The first kappa shape index (κ1) is 13.8. The van der Waals surface area contributed by atoms with Gasteiger partial charge >= 0.3 is 0 Å². The van der Waals surface area contributed by atoms with Crippen LogP contribution in [0.15, 0.2) is 36.4 Å². The number of hydrogen-bond acceptors (Lipinski definition) is 1. The Morgan fingerprint density at radius 2 is 1.48 bits per heavy atom. The number of rotatable bonds is 1. The highest BCUT2D eigenvalue weighted by Gasteiger charge is 2.09. The lowest BCUT2D eigenvalue weighted by Crippen LogP contribution is -1.94.